The van der Waals surface area contributed by atoms with E-state index in [1.165, 1.54) is 12.1 Å². The highest BCUT2D eigenvalue weighted by molar-refractivity contribution is 5.75. The number of carbonyl (C=O) groups is 1. The number of primary amides is 1. The number of halogens is 3. The van der Waals surface area contributed by atoms with Crippen molar-refractivity contribution in [3.63, 3.8) is 0 Å². The molecule has 20 heavy (non-hydrogen) atoms. The molecule has 0 aliphatic heterocycles. The van der Waals surface area contributed by atoms with Crippen LogP contribution in [0.25, 0.3) is 0 Å². The smallest absolute Gasteiger partial charge is 0.369 e. The molecule has 3 N–H and O–H groups in total. The summed E-state index contributed by atoms with van der Waals surface area (Å²) in [4.78, 5) is 10.8. The van der Waals surface area contributed by atoms with E-state index in [1.807, 2.05) is 0 Å². The topological polar surface area (TPSA) is 55.1 Å². The number of alkyl halides is 3. The maximum atomic E-state index is 13.0. The molecule has 2 rings (SSSR count). The van der Waals surface area contributed by atoms with E-state index >= 15 is 0 Å². The van der Waals surface area contributed by atoms with E-state index in [9.17, 15) is 18.0 Å². The fourth-order valence-corrected chi connectivity index (χ4v) is 2.89. The second-order valence-electron chi connectivity index (χ2n) is 5.08. The summed E-state index contributed by atoms with van der Waals surface area (Å²) in [5, 5.41) is 2.97. The van der Waals surface area contributed by atoms with Crippen LogP contribution in [0.15, 0.2) is 24.3 Å². The number of carbonyl (C=O) groups excluding carboxylic acids is 1. The summed E-state index contributed by atoms with van der Waals surface area (Å²) < 4.78 is 39.1. The molecular formula is C14H17F3N2O. The van der Waals surface area contributed by atoms with Crippen molar-refractivity contribution in [1.82, 2.24) is 5.32 Å². The zero-order valence-electron chi connectivity index (χ0n) is 10.9. The molecule has 1 aliphatic rings. The first-order chi connectivity index (χ1) is 9.39. The maximum Gasteiger partial charge on any atom is 0.416 e. The van der Waals surface area contributed by atoms with E-state index in [2.05, 4.69) is 5.32 Å². The van der Waals surface area contributed by atoms with Crippen LogP contribution in [0.2, 0.25) is 0 Å². The zero-order valence-corrected chi connectivity index (χ0v) is 10.9. The number of rotatable bonds is 4. The van der Waals surface area contributed by atoms with Crippen molar-refractivity contribution in [2.24, 2.45) is 5.73 Å². The Morgan fingerprint density at radius 2 is 2.00 bits per heavy atom. The number of amides is 1. The average Bonchev–Trinajstić information content (AvgIpc) is 2.83. The van der Waals surface area contributed by atoms with E-state index < -0.39 is 17.6 Å². The third kappa shape index (κ3) is 3.30. The number of hydrogen-bond acceptors (Lipinski definition) is 2. The van der Waals surface area contributed by atoms with Gasteiger partial charge in [-0.15, -0.1) is 0 Å². The minimum absolute atomic E-state index is 0.00461. The standard InChI is InChI=1S/C14H17F3N2O/c15-14(16,17)11-6-2-1-4-9(11)10-5-3-7-12(10)19-8-13(18)20/h1-2,4,6,10,12,19H,3,5,7-8H2,(H2,18,20)/t10-,12-/m0/s1. The Hall–Kier alpha value is -1.56. The average molecular weight is 286 g/mol. The summed E-state index contributed by atoms with van der Waals surface area (Å²) in [6.07, 6.45) is -2.08. The van der Waals surface area contributed by atoms with Crippen molar-refractivity contribution in [3.05, 3.63) is 35.4 Å². The van der Waals surface area contributed by atoms with E-state index in [1.54, 1.807) is 6.07 Å². The molecule has 0 heterocycles. The number of nitrogens with two attached hydrogens (primary N) is 1. The lowest BCUT2D eigenvalue weighted by molar-refractivity contribution is -0.138. The van der Waals surface area contributed by atoms with Crippen molar-refractivity contribution in [2.45, 2.75) is 37.4 Å². The molecule has 1 aliphatic carbocycles. The molecule has 3 nitrogen and oxygen atoms in total. The Labute approximate surface area is 115 Å². The SMILES string of the molecule is NC(=O)CN[C@H]1CCC[C@H]1c1ccccc1C(F)(F)F. The Morgan fingerprint density at radius 3 is 2.65 bits per heavy atom. The van der Waals surface area contributed by atoms with Crippen LogP contribution in [0.5, 0.6) is 0 Å². The predicted octanol–water partition coefficient (Wildman–Crippen LogP) is 2.42. The quantitative estimate of drug-likeness (QED) is 0.893. The summed E-state index contributed by atoms with van der Waals surface area (Å²) in [6, 6.07) is 5.52. The van der Waals surface area contributed by atoms with Gasteiger partial charge in [0.2, 0.25) is 5.91 Å². The van der Waals surface area contributed by atoms with Crippen LogP contribution in [0, 0.1) is 0 Å². The summed E-state index contributed by atoms with van der Waals surface area (Å²) in [5.74, 6) is -0.730. The van der Waals surface area contributed by atoms with Gasteiger partial charge < -0.3 is 11.1 Å². The van der Waals surface area contributed by atoms with Gasteiger partial charge in [-0.3, -0.25) is 4.79 Å². The molecule has 0 saturated heterocycles. The van der Waals surface area contributed by atoms with Crippen molar-refractivity contribution >= 4 is 5.91 Å². The fourth-order valence-electron chi connectivity index (χ4n) is 2.89. The van der Waals surface area contributed by atoms with Crippen LogP contribution in [0.1, 0.15) is 36.3 Å². The van der Waals surface area contributed by atoms with Crippen LogP contribution in [-0.2, 0) is 11.0 Å². The van der Waals surface area contributed by atoms with E-state index in [4.69, 9.17) is 5.73 Å². The van der Waals surface area contributed by atoms with Gasteiger partial charge >= 0.3 is 6.18 Å². The second kappa shape index (κ2) is 5.83. The van der Waals surface area contributed by atoms with Crippen LogP contribution >= 0.6 is 0 Å². The Morgan fingerprint density at radius 1 is 1.30 bits per heavy atom. The van der Waals surface area contributed by atoms with Gasteiger partial charge in [0, 0.05) is 6.04 Å². The van der Waals surface area contributed by atoms with Gasteiger partial charge in [0.1, 0.15) is 0 Å². The minimum atomic E-state index is -4.35. The Balaban J connectivity index is 2.24. The van der Waals surface area contributed by atoms with Crippen LogP contribution in [-0.4, -0.2) is 18.5 Å². The van der Waals surface area contributed by atoms with E-state index in [-0.39, 0.29) is 18.5 Å². The monoisotopic (exact) mass is 286 g/mol. The van der Waals surface area contributed by atoms with Gasteiger partial charge in [-0.05, 0) is 30.4 Å². The van der Waals surface area contributed by atoms with Crippen molar-refractivity contribution < 1.29 is 18.0 Å². The summed E-state index contributed by atoms with van der Waals surface area (Å²) in [5.41, 5.74) is 4.79. The maximum absolute atomic E-state index is 13.0. The van der Waals surface area contributed by atoms with Crippen LogP contribution in [0.3, 0.4) is 0 Å². The molecule has 1 fully saturated rings. The summed E-state index contributed by atoms with van der Waals surface area (Å²) >= 11 is 0. The highest BCUT2D eigenvalue weighted by Crippen LogP contribution is 2.41. The number of nitrogens with one attached hydrogen (secondary N) is 1. The molecule has 1 amide bonds. The lowest BCUT2D eigenvalue weighted by Crippen LogP contribution is -2.38. The molecule has 2 atom stereocenters. The molecule has 1 aromatic rings. The molecule has 0 unspecified atom stereocenters. The molecule has 1 aromatic carbocycles. The lowest BCUT2D eigenvalue weighted by Gasteiger charge is -2.24. The fraction of sp³-hybridized carbons (Fsp3) is 0.500. The normalized spacial score (nSPS) is 22.9. The van der Waals surface area contributed by atoms with Crippen LogP contribution in [0.4, 0.5) is 13.2 Å². The van der Waals surface area contributed by atoms with Gasteiger partial charge in [-0.2, -0.15) is 13.2 Å². The van der Waals surface area contributed by atoms with Crippen molar-refractivity contribution in [1.29, 1.82) is 0 Å². The summed E-state index contributed by atoms with van der Waals surface area (Å²) in [7, 11) is 0. The molecule has 6 heteroatoms. The van der Waals surface area contributed by atoms with Gasteiger partial charge in [-0.1, -0.05) is 24.6 Å². The third-order valence-corrected chi connectivity index (χ3v) is 3.72. The number of benzene rings is 1. The van der Waals surface area contributed by atoms with Crippen molar-refractivity contribution in [3.8, 4) is 0 Å². The number of hydrogen-bond donors (Lipinski definition) is 2. The first kappa shape index (κ1) is 14.8. The van der Waals surface area contributed by atoms with Gasteiger partial charge in [0.05, 0.1) is 12.1 Å². The third-order valence-electron chi connectivity index (χ3n) is 3.72. The molecular weight excluding hydrogens is 269 g/mol. The molecule has 1 saturated carbocycles. The highest BCUT2D eigenvalue weighted by atomic mass is 19.4. The largest absolute Gasteiger partial charge is 0.416 e. The highest BCUT2D eigenvalue weighted by Gasteiger charge is 2.38. The molecule has 0 radical (unpaired) electrons. The van der Waals surface area contributed by atoms with Crippen LogP contribution < -0.4 is 11.1 Å². The van der Waals surface area contributed by atoms with E-state index in [0.29, 0.717) is 12.0 Å². The minimum Gasteiger partial charge on any atom is -0.369 e. The molecule has 0 spiro atoms. The van der Waals surface area contributed by atoms with E-state index in [0.717, 1.165) is 18.9 Å². The predicted molar refractivity (Wildman–Crippen MR) is 69.0 cm³/mol. The van der Waals surface area contributed by atoms with Crippen molar-refractivity contribution in [2.75, 3.05) is 6.54 Å². The molecule has 0 bridgehead atoms. The first-order valence-corrected chi connectivity index (χ1v) is 6.57. The molecule has 0 aromatic heterocycles. The van der Waals surface area contributed by atoms with Gasteiger partial charge in [-0.25, -0.2) is 0 Å². The summed E-state index contributed by atoms with van der Waals surface area (Å²) in [6.45, 7) is -0.00461. The van der Waals surface area contributed by atoms with Gasteiger partial charge in [0.15, 0.2) is 0 Å². The zero-order chi connectivity index (χ0) is 14.8. The lowest BCUT2D eigenvalue weighted by atomic mass is 9.90. The Kier molecular flexibility index (Phi) is 4.32. The molecule has 110 valence electrons. The Bertz CT molecular complexity index is 488. The second-order valence-corrected chi connectivity index (χ2v) is 5.08. The first-order valence-electron chi connectivity index (χ1n) is 6.57. The van der Waals surface area contributed by atoms with Gasteiger partial charge in [0.25, 0.3) is 0 Å².